The molecule has 1 atom stereocenters. The second-order valence-corrected chi connectivity index (χ2v) is 11.9. The van der Waals surface area contributed by atoms with E-state index in [2.05, 4.69) is 10.9 Å². The molecule has 0 N–H and O–H groups in total. The minimum absolute atomic E-state index is 0.0363. The number of hydrogen-bond donors (Lipinski definition) is 0. The van der Waals surface area contributed by atoms with E-state index in [-0.39, 0.29) is 17.3 Å². The van der Waals surface area contributed by atoms with Crippen LogP contribution in [0.25, 0.3) is 10.2 Å². The molecule has 31 heavy (non-hydrogen) atoms. The van der Waals surface area contributed by atoms with Crippen molar-refractivity contribution < 1.29 is 17.6 Å². The summed E-state index contributed by atoms with van der Waals surface area (Å²) in [5.41, 5.74) is 0.305. The maximum atomic E-state index is 14.3. The van der Waals surface area contributed by atoms with Gasteiger partial charge in [-0.1, -0.05) is 34.9 Å². The monoisotopic (exact) mass is 497 g/mol. The van der Waals surface area contributed by atoms with E-state index < -0.39 is 27.7 Å². The number of hydrogen-bond acceptors (Lipinski definition) is 5. The molecule has 0 aliphatic carbocycles. The lowest BCUT2D eigenvalue weighted by Crippen LogP contribution is -2.42. The fourth-order valence-corrected chi connectivity index (χ4v) is 7.73. The molecule has 1 fully saturated rings. The molecule has 0 spiro atoms. The smallest absolute Gasteiger partial charge is 0.252 e. The number of para-hydroxylation sites is 1. The number of halogens is 2. The van der Waals surface area contributed by atoms with E-state index in [0.29, 0.717) is 38.7 Å². The number of piperidine rings is 1. The lowest BCUT2D eigenvalue weighted by molar-refractivity contribution is -0.122. The van der Waals surface area contributed by atoms with Crippen LogP contribution in [0.3, 0.4) is 0 Å². The van der Waals surface area contributed by atoms with Crippen molar-refractivity contribution in [3.05, 3.63) is 45.3 Å². The van der Waals surface area contributed by atoms with Gasteiger partial charge in [-0.3, -0.25) is 4.79 Å². The Balaban J connectivity index is 1.65. The summed E-state index contributed by atoms with van der Waals surface area (Å²) < 4.78 is 44.1. The lowest BCUT2D eigenvalue weighted by atomic mass is 9.99. The molecule has 1 unspecified atom stereocenters. The Bertz CT molecular complexity index is 1370. The molecule has 0 bridgehead atoms. The number of aromatic nitrogens is 1. The summed E-state index contributed by atoms with van der Waals surface area (Å²) in [6, 6.07) is 7.65. The summed E-state index contributed by atoms with van der Waals surface area (Å²) in [5.74, 6) is 0.990. The van der Waals surface area contributed by atoms with Crippen molar-refractivity contribution in [3.8, 4) is 12.3 Å². The van der Waals surface area contributed by atoms with Crippen LogP contribution >= 0.6 is 34.3 Å². The first-order valence-electron chi connectivity index (χ1n) is 9.36. The Morgan fingerprint density at radius 3 is 2.84 bits per heavy atom. The summed E-state index contributed by atoms with van der Waals surface area (Å²) in [6.45, 7) is 0.429. The topological polar surface area (TPSA) is 71.7 Å². The number of thiazole rings is 1. The van der Waals surface area contributed by atoms with E-state index in [1.165, 1.54) is 38.4 Å². The van der Waals surface area contributed by atoms with Gasteiger partial charge in [0.2, 0.25) is 0 Å². The van der Waals surface area contributed by atoms with Crippen molar-refractivity contribution in [1.29, 1.82) is 0 Å². The van der Waals surface area contributed by atoms with E-state index >= 15 is 0 Å². The molecule has 11 heteroatoms. The Labute approximate surface area is 191 Å². The standard InChI is InChI=1S/C20H17ClFN3O3S3/c1-2-10-25-18-14(22)6-3-7-15(18)29-20(25)23-19(26)13-5-4-11-24(12-13)31(27,28)17-9-8-16(21)30-17/h1,3,6-9,13H,4-5,10-12H2. The van der Waals surface area contributed by atoms with Gasteiger partial charge in [-0.2, -0.15) is 9.30 Å². The molecule has 0 radical (unpaired) electrons. The average molecular weight is 498 g/mol. The molecule has 1 aliphatic rings. The minimum Gasteiger partial charge on any atom is -0.302 e. The highest BCUT2D eigenvalue weighted by Gasteiger charge is 2.34. The van der Waals surface area contributed by atoms with Gasteiger partial charge in [-0.25, -0.2) is 12.8 Å². The summed E-state index contributed by atoms with van der Waals surface area (Å²) in [5, 5.41) is 0. The number of thiophene rings is 1. The fourth-order valence-electron chi connectivity index (χ4n) is 3.52. The number of carbonyl (C=O) groups is 1. The van der Waals surface area contributed by atoms with Gasteiger partial charge in [-0.15, -0.1) is 17.8 Å². The van der Waals surface area contributed by atoms with Crippen molar-refractivity contribution >= 4 is 60.4 Å². The van der Waals surface area contributed by atoms with Gasteiger partial charge in [0, 0.05) is 13.1 Å². The van der Waals surface area contributed by atoms with Crippen LogP contribution in [0.5, 0.6) is 0 Å². The lowest BCUT2D eigenvalue weighted by Gasteiger charge is -2.29. The molecule has 6 nitrogen and oxygen atoms in total. The van der Waals surface area contributed by atoms with Gasteiger partial charge >= 0.3 is 0 Å². The number of benzene rings is 1. The molecule has 3 aromatic rings. The predicted molar refractivity (Wildman–Crippen MR) is 120 cm³/mol. The molecular weight excluding hydrogens is 481 g/mol. The molecule has 4 rings (SSSR count). The SMILES string of the molecule is C#CCn1c(=NC(=O)C2CCCN(S(=O)(=O)c3ccc(Cl)s3)C2)sc2cccc(F)c21. The largest absolute Gasteiger partial charge is 0.302 e. The molecule has 1 saturated heterocycles. The van der Waals surface area contributed by atoms with Crippen LogP contribution in [-0.2, 0) is 21.4 Å². The normalized spacial score (nSPS) is 18.4. The molecule has 1 aliphatic heterocycles. The number of rotatable bonds is 4. The second kappa shape index (κ2) is 8.84. The number of sulfonamides is 1. The number of carbonyl (C=O) groups excluding carboxylic acids is 1. The van der Waals surface area contributed by atoms with Crippen molar-refractivity contribution in [3.63, 3.8) is 0 Å². The van der Waals surface area contributed by atoms with Gasteiger partial charge in [0.15, 0.2) is 4.80 Å². The zero-order valence-electron chi connectivity index (χ0n) is 16.1. The maximum Gasteiger partial charge on any atom is 0.252 e. The summed E-state index contributed by atoms with van der Waals surface area (Å²) in [4.78, 5) is 17.5. The summed E-state index contributed by atoms with van der Waals surface area (Å²) in [6.07, 6.45) is 6.49. The van der Waals surface area contributed by atoms with Crippen molar-refractivity contribution in [2.75, 3.05) is 13.1 Å². The van der Waals surface area contributed by atoms with Crippen LogP contribution in [0.15, 0.2) is 39.5 Å². The zero-order valence-corrected chi connectivity index (χ0v) is 19.3. The Morgan fingerprint density at radius 1 is 1.32 bits per heavy atom. The Morgan fingerprint density at radius 2 is 2.13 bits per heavy atom. The number of terminal acetylenes is 1. The molecule has 1 amide bonds. The van der Waals surface area contributed by atoms with Gasteiger partial charge in [0.1, 0.15) is 10.0 Å². The third kappa shape index (κ3) is 4.33. The first-order chi connectivity index (χ1) is 14.8. The van der Waals surface area contributed by atoms with Gasteiger partial charge in [-0.05, 0) is 37.1 Å². The molecule has 3 heterocycles. The van der Waals surface area contributed by atoms with Crippen LogP contribution in [0.1, 0.15) is 12.8 Å². The minimum atomic E-state index is -3.73. The number of amides is 1. The van der Waals surface area contributed by atoms with Gasteiger partial charge in [0.05, 0.1) is 27.0 Å². The first-order valence-corrected chi connectivity index (χ1v) is 12.8. The first kappa shape index (κ1) is 22.2. The van der Waals surface area contributed by atoms with Crippen LogP contribution in [0, 0.1) is 24.1 Å². The molecule has 2 aromatic heterocycles. The second-order valence-electron chi connectivity index (χ2n) is 6.97. The fraction of sp³-hybridized carbons (Fsp3) is 0.300. The van der Waals surface area contributed by atoms with Crippen molar-refractivity contribution in [2.45, 2.75) is 23.6 Å². The van der Waals surface area contributed by atoms with E-state index in [4.69, 9.17) is 18.0 Å². The van der Waals surface area contributed by atoms with Gasteiger partial charge in [0.25, 0.3) is 15.9 Å². The maximum absolute atomic E-state index is 14.3. The highest BCUT2D eigenvalue weighted by atomic mass is 35.5. The Kier molecular flexibility index (Phi) is 6.32. The van der Waals surface area contributed by atoms with E-state index in [1.807, 2.05) is 0 Å². The van der Waals surface area contributed by atoms with E-state index in [9.17, 15) is 17.6 Å². The number of nitrogens with zero attached hydrogens (tertiary/aromatic N) is 3. The highest BCUT2D eigenvalue weighted by molar-refractivity contribution is 7.91. The van der Waals surface area contributed by atoms with Crippen LogP contribution in [0.2, 0.25) is 4.34 Å². The quantitative estimate of drug-likeness (QED) is 0.516. The van der Waals surface area contributed by atoms with E-state index in [0.717, 1.165) is 11.3 Å². The highest BCUT2D eigenvalue weighted by Crippen LogP contribution is 2.31. The molecular formula is C20H17ClFN3O3S3. The summed E-state index contributed by atoms with van der Waals surface area (Å²) >= 11 is 8.04. The van der Waals surface area contributed by atoms with Gasteiger partial charge < -0.3 is 4.57 Å². The Hall–Kier alpha value is -2.03. The third-order valence-corrected chi connectivity index (χ3v) is 9.59. The van der Waals surface area contributed by atoms with Crippen molar-refractivity contribution in [1.82, 2.24) is 8.87 Å². The number of fused-ring (bicyclic) bond motifs is 1. The average Bonchev–Trinajstić information content (AvgIpc) is 3.33. The van der Waals surface area contributed by atoms with Crippen LogP contribution < -0.4 is 4.80 Å². The molecule has 162 valence electrons. The molecule has 0 saturated carbocycles. The van der Waals surface area contributed by atoms with Crippen molar-refractivity contribution in [2.24, 2.45) is 10.9 Å². The third-order valence-electron chi connectivity index (χ3n) is 4.98. The predicted octanol–water partition coefficient (Wildman–Crippen LogP) is 3.72. The van der Waals surface area contributed by atoms with E-state index in [1.54, 1.807) is 12.1 Å². The summed E-state index contributed by atoms with van der Waals surface area (Å²) in [7, 11) is -3.73. The zero-order chi connectivity index (χ0) is 22.2. The van der Waals surface area contributed by atoms with Crippen LogP contribution in [-0.4, -0.2) is 36.3 Å². The van der Waals surface area contributed by atoms with Crippen LogP contribution in [0.4, 0.5) is 4.39 Å². The molecule has 1 aromatic carbocycles.